The van der Waals surface area contributed by atoms with Crippen molar-refractivity contribution in [3.05, 3.63) is 22.6 Å². The van der Waals surface area contributed by atoms with Crippen LogP contribution in [0.1, 0.15) is 26.7 Å². The Labute approximate surface area is 121 Å². The summed E-state index contributed by atoms with van der Waals surface area (Å²) in [6.45, 7) is 3.79. The molecule has 2 atom stereocenters. The first-order chi connectivity index (χ1) is 9.85. The molecule has 21 heavy (non-hydrogen) atoms. The molecular weight excluding hydrogens is 280 g/mol. The molecule has 0 radical (unpaired) electrons. The van der Waals surface area contributed by atoms with Crippen LogP contribution in [0, 0.1) is 16.0 Å². The number of nitrogens with zero attached hydrogens (tertiary/aromatic N) is 3. The third kappa shape index (κ3) is 4.86. The fraction of sp³-hybridized carbons (Fsp3) is 0.583. The summed E-state index contributed by atoms with van der Waals surface area (Å²) in [4.78, 5) is 36.2. The van der Waals surface area contributed by atoms with E-state index in [9.17, 15) is 19.7 Å². The molecule has 9 heteroatoms. The lowest BCUT2D eigenvalue weighted by molar-refractivity contribution is -0.389. The van der Waals surface area contributed by atoms with E-state index >= 15 is 0 Å². The fourth-order valence-corrected chi connectivity index (χ4v) is 1.72. The van der Waals surface area contributed by atoms with Gasteiger partial charge in [0.15, 0.2) is 0 Å². The molecule has 0 saturated heterocycles. The van der Waals surface area contributed by atoms with Gasteiger partial charge in [0, 0.05) is 13.0 Å². The third-order valence-electron chi connectivity index (χ3n) is 3.20. The molecule has 1 aromatic rings. The average Bonchev–Trinajstić information content (AvgIpc) is 2.90. The highest BCUT2D eigenvalue weighted by Crippen LogP contribution is 2.09. The number of carbonyl (C=O) groups excluding carboxylic acids is 1. The van der Waals surface area contributed by atoms with Gasteiger partial charge in [0.1, 0.15) is 12.2 Å². The van der Waals surface area contributed by atoms with Gasteiger partial charge >= 0.3 is 11.8 Å². The van der Waals surface area contributed by atoms with Crippen LogP contribution in [-0.4, -0.2) is 37.5 Å². The number of rotatable bonds is 8. The standard InChI is InChI=1S/C12H18N4O5/c1-3-8(2)11(12(18)19)14-10(17)4-5-15-6-9(13-7-15)16(20)21/h6-8,11H,3-5H2,1-2H3,(H,14,17)(H,18,19)/t8?,11-/m0/s1. The van der Waals surface area contributed by atoms with Gasteiger partial charge in [-0.05, 0) is 15.8 Å². The number of aliphatic carboxylic acids is 1. The van der Waals surface area contributed by atoms with E-state index < -0.39 is 22.8 Å². The van der Waals surface area contributed by atoms with Gasteiger partial charge in [-0.25, -0.2) is 4.79 Å². The Balaban J connectivity index is 2.52. The van der Waals surface area contributed by atoms with Crippen molar-refractivity contribution in [2.75, 3.05) is 0 Å². The monoisotopic (exact) mass is 298 g/mol. The zero-order chi connectivity index (χ0) is 16.0. The second-order valence-electron chi connectivity index (χ2n) is 4.75. The van der Waals surface area contributed by atoms with Crippen LogP contribution in [0.5, 0.6) is 0 Å². The highest BCUT2D eigenvalue weighted by atomic mass is 16.6. The van der Waals surface area contributed by atoms with E-state index in [1.165, 1.54) is 17.1 Å². The molecule has 0 bridgehead atoms. The highest BCUT2D eigenvalue weighted by Gasteiger charge is 2.25. The molecule has 1 unspecified atom stereocenters. The van der Waals surface area contributed by atoms with Gasteiger partial charge in [0.25, 0.3) is 0 Å². The van der Waals surface area contributed by atoms with E-state index in [2.05, 4.69) is 10.3 Å². The van der Waals surface area contributed by atoms with Crippen molar-refractivity contribution in [2.24, 2.45) is 5.92 Å². The molecule has 9 nitrogen and oxygen atoms in total. The molecule has 0 aliphatic heterocycles. The van der Waals surface area contributed by atoms with Gasteiger partial charge in [0.2, 0.25) is 12.2 Å². The summed E-state index contributed by atoms with van der Waals surface area (Å²) in [5.41, 5.74) is 0. The lowest BCUT2D eigenvalue weighted by atomic mass is 9.99. The summed E-state index contributed by atoms with van der Waals surface area (Å²) < 4.78 is 1.41. The van der Waals surface area contributed by atoms with Gasteiger partial charge < -0.3 is 25.1 Å². The van der Waals surface area contributed by atoms with Gasteiger partial charge in [0.05, 0.1) is 0 Å². The number of imidazole rings is 1. The average molecular weight is 298 g/mol. The number of carboxylic acids is 1. The maximum Gasteiger partial charge on any atom is 0.381 e. The SMILES string of the molecule is CCC(C)[C@H](NC(=O)CCn1cnc([N+](=O)[O-])c1)C(=O)O. The molecule has 1 rings (SSSR count). The zero-order valence-electron chi connectivity index (χ0n) is 11.9. The Morgan fingerprint density at radius 3 is 2.71 bits per heavy atom. The fourth-order valence-electron chi connectivity index (χ4n) is 1.72. The predicted molar refractivity (Wildman–Crippen MR) is 72.5 cm³/mol. The summed E-state index contributed by atoms with van der Waals surface area (Å²) in [6.07, 6.45) is 3.13. The second-order valence-corrected chi connectivity index (χ2v) is 4.75. The Kier molecular flexibility index (Phi) is 5.82. The molecular formula is C12H18N4O5. The predicted octanol–water partition coefficient (Wildman–Crippen LogP) is 0.797. The molecule has 1 aromatic heterocycles. The van der Waals surface area contributed by atoms with E-state index in [4.69, 9.17) is 5.11 Å². The first kappa shape index (κ1) is 16.6. The number of nitrogens with one attached hydrogen (secondary N) is 1. The molecule has 0 spiro atoms. The number of hydrogen-bond donors (Lipinski definition) is 2. The van der Waals surface area contributed by atoms with Crippen LogP contribution >= 0.6 is 0 Å². The number of carboxylic acid groups (broad SMARTS) is 1. The number of amides is 1. The Morgan fingerprint density at radius 2 is 2.24 bits per heavy atom. The van der Waals surface area contributed by atoms with Crippen molar-refractivity contribution in [3.8, 4) is 0 Å². The quantitative estimate of drug-likeness (QED) is 0.539. The number of aromatic nitrogens is 2. The van der Waals surface area contributed by atoms with E-state index in [0.717, 1.165) is 0 Å². The first-order valence-electron chi connectivity index (χ1n) is 6.53. The molecule has 116 valence electrons. The van der Waals surface area contributed by atoms with Crippen molar-refractivity contribution in [1.29, 1.82) is 0 Å². The third-order valence-corrected chi connectivity index (χ3v) is 3.20. The number of nitro groups is 1. The number of carbonyl (C=O) groups is 2. The van der Waals surface area contributed by atoms with E-state index in [1.807, 2.05) is 6.92 Å². The van der Waals surface area contributed by atoms with Crippen LogP contribution in [0.4, 0.5) is 5.82 Å². The molecule has 1 heterocycles. The molecule has 2 N–H and O–H groups in total. The molecule has 0 aliphatic carbocycles. The minimum absolute atomic E-state index is 0.0216. The van der Waals surface area contributed by atoms with E-state index in [1.54, 1.807) is 6.92 Å². The van der Waals surface area contributed by atoms with Crippen molar-refractivity contribution < 1.29 is 19.6 Å². The van der Waals surface area contributed by atoms with Crippen molar-refractivity contribution >= 4 is 17.7 Å². The van der Waals surface area contributed by atoms with Gasteiger partial charge in [-0.1, -0.05) is 20.3 Å². The van der Waals surface area contributed by atoms with Crippen LogP contribution in [-0.2, 0) is 16.1 Å². The van der Waals surface area contributed by atoms with E-state index in [-0.39, 0.29) is 24.7 Å². The maximum absolute atomic E-state index is 11.8. The molecule has 0 aliphatic rings. The molecule has 0 saturated carbocycles. The van der Waals surface area contributed by atoms with Crippen LogP contribution in [0.3, 0.4) is 0 Å². The van der Waals surface area contributed by atoms with Crippen LogP contribution in [0.2, 0.25) is 0 Å². The van der Waals surface area contributed by atoms with E-state index in [0.29, 0.717) is 6.42 Å². The topological polar surface area (TPSA) is 127 Å². The maximum atomic E-state index is 11.8. The largest absolute Gasteiger partial charge is 0.480 e. The second kappa shape index (κ2) is 7.36. The van der Waals surface area contributed by atoms with Gasteiger partial charge in [-0.3, -0.25) is 4.79 Å². The first-order valence-corrected chi connectivity index (χ1v) is 6.53. The van der Waals surface area contributed by atoms with Crippen molar-refractivity contribution in [1.82, 2.24) is 14.9 Å². The van der Waals surface area contributed by atoms with Crippen LogP contribution in [0.15, 0.2) is 12.5 Å². The molecule has 1 amide bonds. The lowest BCUT2D eigenvalue weighted by Gasteiger charge is -2.20. The summed E-state index contributed by atoms with van der Waals surface area (Å²) in [7, 11) is 0. The Hall–Kier alpha value is -2.45. The smallest absolute Gasteiger partial charge is 0.381 e. The van der Waals surface area contributed by atoms with Gasteiger partial charge in [-0.15, -0.1) is 0 Å². The minimum atomic E-state index is -1.07. The summed E-state index contributed by atoms with van der Waals surface area (Å²) in [6, 6.07) is -0.931. The summed E-state index contributed by atoms with van der Waals surface area (Å²) >= 11 is 0. The summed E-state index contributed by atoms with van der Waals surface area (Å²) in [5.74, 6) is -1.96. The lowest BCUT2D eigenvalue weighted by Crippen LogP contribution is -2.45. The number of hydrogen-bond acceptors (Lipinski definition) is 5. The van der Waals surface area contributed by atoms with Crippen LogP contribution in [0.25, 0.3) is 0 Å². The van der Waals surface area contributed by atoms with Gasteiger partial charge in [-0.2, -0.15) is 0 Å². The minimum Gasteiger partial charge on any atom is -0.480 e. The Bertz CT molecular complexity index is 527. The summed E-state index contributed by atoms with van der Waals surface area (Å²) in [5, 5.41) is 22.0. The normalized spacial score (nSPS) is 13.4. The number of aryl methyl sites for hydroxylation is 1. The zero-order valence-corrected chi connectivity index (χ0v) is 11.9. The Morgan fingerprint density at radius 1 is 1.57 bits per heavy atom. The van der Waals surface area contributed by atoms with Crippen LogP contribution < -0.4 is 5.32 Å². The van der Waals surface area contributed by atoms with Crippen molar-refractivity contribution in [2.45, 2.75) is 39.3 Å². The molecule has 0 aromatic carbocycles. The highest BCUT2D eigenvalue weighted by molar-refractivity contribution is 5.83. The van der Waals surface area contributed by atoms with Crippen molar-refractivity contribution in [3.63, 3.8) is 0 Å². The molecule has 0 fully saturated rings.